The molecule has 0 aliphatic carbocycles. The van der Waals surface area contributed by atoms with Gasteiger partial charge in [0.05, 0.1) is 11.3 Å². The van der Waals surface area contributed by atoms with E-state index in [1.165, 1.54) is 5.56 Å². The Bertz CT molecular complexity index is 908. The molecule has 4 heterocycles. The third-order valence-electron chi connectivity index (χ3n) is 4.93. The molecule has 1 fully saturated rings. The molecular weight excluding hydrogens is 326 g/mol. The van der Waals surface area contributed by atoms with Crippen molar-refractivity contribution in [2.75, 3.05) is 26.2 Å². The van der Waals surface area contributed by atoms with Gasteiger partial charge in [-0.3, -0.25) is 9.78 Å². The van der Waals surface area contributed by atoms with Crippen LogP contribution in [0.15, 0.2) is 36.8 Å². The molecule has 1 amide bonds. The van der Waals surface area contributed by atoms with Crippen molar-refractivity contribution in [2.45, 2.75) is 19.8 Å². The van der Waals surface area contributed by atoms with Gasteiger partial charge in [-0.15, -0.1) is 0 Å². The molecule has 4 rings (SSSR count). The average Bonchev–Trinajstić information content (AvgIpc) is 2.90. The molecule has 3 aromatic heterocycles. The van der Waals surface area contributed by atoms with Crippen LogP contribution in [0, 0.1) is 0 Å². The molecular formula is C20H23N5O. The number of carbonyl (C=O) groups is 1. The minimum Gasteiger partial charge on any atom is -0.346 e. The summed E-state index contributed by atoms with van der Waals surface area (Å²) in [5, 5.41) is 4.45. The normalized spacial score (nSPS) is 15.2. The van der Waals surface area contributed by atoms with Gasteiger partial charge in [0.15, 0.2) is 0 Å². The van der Waals surface area contributed by atoms with Crippen LogP contribution in [0.5, 0.6) is 0 Å². The molecule has 134 valence electrons. The molecule has 0 saturated carbocycles. The molecule has 0 unspecified atom stereocenters. The summed E-state index contributed by atoms with van der Waals surface area (Å²) in [4.78, 5) is 26.8. The molecule has 2 N–H and O–H groups in total. The molecule has 0 bridgehead atoms. The molecule has 26 heavy (non-hydrogen) atoms. The number of hydrogen-bond donors (Lipinski definition) is 2. The molecule has 0 radical (unpaired) electrons. The van der Waals surface area contributed by atoms with Crippen LogP contribution in [-0.2, 0) is 6.42 Å². The first-order valence-corrected chi connectivity index (χ1v) is 9.18. The lowest BCUT2D eigenvalue weighted by Crippen LogP contribution is -2.34. The van der Waals surface area contributed by atoms with Gasteiger partial charge in [0.1, 0.15) is 5.65 Å². The van der Waals surface area contributed by atoms with Gasteiger partial charge < -0.3 is 15.2 Å². The van der Waals surface area contributed by atoms with Crippen molar-refractivity contribution in [3.05, 3.63) is 47.9 Å². The second-order valence-electron chi connectivity index (χ2n) is 6.62. The van der Waals surface area contributed by atoms with E-state index in [9.17, 15) is 4.79 Å². The van der Waals surface area contributed by atoms with E-state index in [0.717, 1.165) is 61.3 Å². The van der Waals surface area contributed by atoms with Gasteiger partial charge in [0.25, 0.3) is 5.91 Å². The number of rotatable bonds is 3. The zero-order valence-corrected chi connectivity index (χ0v) is 15.0. The van der Waals surface area contributed by atoms with Gasteiger partial charge in [-0.25, -0.2) is 4.98 Å². The summed E-state index contributed by atoms with van der Waals surface area (Å²) in [6.45, 7) is 5.48. The second-order valence-corrected chi connectivity index (χ2v) is 6.62. The predicted octanol–water partition coefficient (Wildman–Crippen LogP) is 2.62. The van der Waals surface area contributed by atoms with Crippen LogP contribution in [0.2, 0.25) is 0 Å². The smallest absolute Gasteiger partial charge is 0.255 e. The van der Waals surface area contributed by atoms with E-state index in [1.807, 2.05) is 29.4 Å². The molecule has 0 aromatic carbocycles. The molecule has 1 aliphatic rings. The van der Waals surface area contributed by atoms with Gasteiger partial charge in [-0.1, -0.05) is 6.92 Å². The highest BCUT2D eigenvalue weighted by atomic mass is 16.2. The minimum atomic E-state index is 0.0558. The number of carbonyl (C=O) groups excluding carboxylic acids is 1. The highest BCUT2D eigenvalue weighted by Gasteiger charge is 2.17. The number of hydrogen-bond acceptors (Lipinski definition) is 4. The number of aromatic nitrogens is 3. The summed E-state index contributed by atoms with van der Waals surface area (Å²) in [6, 6.07) is 5.89. The Morgan fingerprint density at radius 2 is 2.12 bits per heavy atom. The van der Waals surface area contributed by atoms with Crippen molar-refractivity contribution in [1.29, 1.82) is 0 Å². The third-order valence-corrected chi connectivity index (χ3v) is 4.93. The van der Waals surface area contributed by atoms with Crippen LogP contribution in [0.3, 0.4) is 0 Å². The van der Waals surface area contributed by atoms with E-state index >= 15 is 0 Å². The van der Waals surface area contributed by atoms with E-state index < -0.39 is 0 Å². The summed E-state index contributed by atoms with van der Waals surface area (Å²) in [5.41, 5.74) is 4.57. The quantitative estimate of drug-likeness (QED) is 0.762. The zero-order valence-electron chi connectivity index (χ0n) is 15.0. The summed E-state index contributed by atoms with van der Waals surface area (Å²) < 4.78 is 0. The van der Waals surface area contributed by atoms with E-state index in [2.05, 4.69) is 33.3 Å². The third kappa shape index (κ3) is 3.20. The number of nitrogens with zero attached hydrogens (tertiary/aromatic N) is 3. The minimum absolute atomic E-state index is 0.0558. The highest BCUT2D eigenvalue weighted by molar-refractivity contribution is 5.94. The maximum Gasteiger partial charge on any atom is 0.255 e. The number of nitrogens with one attached hydrogen (secondary N) is 2. The van der Waals surface area contributed by atoms with Crippen LogP contribution >= 0.6 is 0 Å². The second kappa shape index (κ2) is 7.25. The lowest BCUT2D eigenvalue weighted by molar-refractivity contribution is 0.0766. The van der Waals surface area contributed by atoms with E-state index in [4.69, 9.17) is 0 Å². The van der Waals surface area contributed by atoms with Crippen LogP contribution in [0.1, 0.15) is 29.3 Å². The number of pyridine rings is 2. The first-order chi connectivity index (χ1) is 12.8. The standard InChI is InChI=1S/C20H23N5O/c1-2-14-11-23-19-17(14)10-16(13-24-19)18-5-4-15(12-22-18)20(26)25-8-3-6-21-7-9-25/h4-5,10-13,21H,2-3,6-9H2,1H3,(H,23,24). The van der Waals surface area contributed by atoms with Crippen molar-refractivity contribution >= 4 is 16.9 Å². The molecule has 1 saturated heterocycles. The average molecular weight is 349 g/mol. The summed E-state index contributed by atoms with van der Waals surface area (Å²) >= 11 is 0. The Labute approximate surface area is 152 Å². The number of H-pyrrole nitrogens is 1. The predicted molar refractivity (Wildman–Crippen MR) is 102 cm³/mol. The molecule has 6 heteroatoms. The SMILES string of the molecule is CCc1c[nH]c2ncc(-c3ccc(C(=O)N4CCCNCC4)cn3)cc12. The lowest BCUT2D eigenvalue weighted by Gasteiger charge is -2.19. The fourth-order valence-corrected chi connectivity index (χ4v) is 3.41. The Hall–Kier alpha value is -2.73. The van der Waals surface area contributed by atoms with Crippen LogP contribution < -0.4 is 5.32 Å². The Balaban J connectivity index is 1.58. The topological polar surface area (TPSA) is 73.9 Å². The number of amides is 1. The first kappa shape index (κ1) is 16.7. The van der Waals surface area contributed by atoms with Crippen LogP contribution in [-0.4, -0.2) is 51.9 Å². The van der Waals surface area contributed by atoms with Gasteiger partial charge in [-0.2, -0.15) is 0 Å². The number of fused-ring (bicyclic) bond motifs is 1. The molecule has 3 aromatic rings. The van der Waals surface area contributed by atoms with E-state index in [0.29, 0.717) is 5.56 Å². The van der Waals surface area contributed by atoms with E-state index in [1.54, 1.807) is 6.20 Å². The largest absolute Gasteiger partial charge is 0.346 e. The van der Waals surface area contributed by atoms with Crippen molar-refractivity contribution in [3.8, 4) is 11.3 Å². The van der Waals surface area contributed by atoms with Crippen molar-refractivity contribution in [3.63, 3.8) is 0 Å². The summed E-state index contributed by atoms with van der Waals surface area (Å²) in [7, 11) is 0. The Morgan fingerprint density at radius 3 is 2.92 bits per heavy atom. The van der Waals surface area contributed by atoms with Gasteiger partial charge >= 0.3 is 0 Å². The molecule has 0 atom stereocenters. The lowest BCUT2D eigenvalue weighted by atomic mass is 10.1. The number of aryl methyl sites for hydroxylation is 1. The van der Waals surface area contributed by atoms with Gasteiger partial charge in [0, 0.05) is 49.2 Å². The monoisotopic (exact) mass is 349 g/mol. The molecule has 6 nitrogen and oxygen atoms in total. The summed E-state index contributed by atoms with van der Waals surface area (Å²) in [6.07, 6.45) is 7.45. The fourth-order valence-electron chi connectivity index (χ4n) is 3.41. The van der Waals surface area contributed by atoms with Gasteiger partial charge in [-0.05, 0) is 43.1 Å². The Morgan fingerprint density at radius 1 is 1.19 bits per heavy atom. The molecule has 0 spiro atoms. The van der Waals surface area contributed by atoms with Crippen molar-refractivity contribution in [1.82, 2.24) is 25.2 Å². The maximum atomic E-state index is 12.7. The Kier molecular flexibility index (Phi) is 4.67. The highest BCUT2D eigenvalue weighted by Crippen LogP contribution is 2.24. The zero-order chi connectivity index (χ0) is 17.9. The molecule has 1 aliphatic heterocycles. The fraction of sp³-hybridized carbons (Fsp3) is 0.350. The maximum absolute atomic E-state index is 12.7. The van der Waals surface area contributed by atoms with Crippen molar-refractivity contribution in [2.24, 2.45) is 0 Å². The first-order valence-electron chi connectivity index (χ1n) is 9.18. The van der Waals surface area contributed by atoms with Crippen LogP contribution in [0.25, 0.3) is 22.3 Å². The van der Waals surface area contributed by atoms with E-state index in [-0.39, 0.29) is 5.91 Å². The van der Waals surface area contributed by atoms with Crippen molar-refractivity contribution < 1.29 is 4.79 Å². The van der Waals surface area contributed by atoms with Gasteiger partial charge in [0.2, 0.25) is 0 Å². The van der Waals surface area contributed by atoms with Crippen LogP contribution in [0.4, 0.5) is 0 Å². The summed E-state index contributed by atoms with van der Waals surface area (Å²) in [5.74, 6) is 0.0558. The number of aromatic amines is 1.